The molecule has 0 aliphatic heterocycles. The van der Waals surface area contributed by atoms with Crippen molar-refractivity contribution in [2.24, 2.45) is 0 Å². The maximum absolute atomic E-state index is 12.7. The van der Waals surface area contributed by atoms with Gasteiger partial charge in [0.2, 0.25) is 5.91 Å². The number of amides is 1. The van der Waals surface area contributed by atoms with Crippen LogP contribution in [-0.4, -0.2) is 15.7 Å². The number of aromatic nitrogens is 2. The summed E-state index contributed by atoms with van der Waals surface area (Å²) in [6.45, 7) is -0.399. The molecule has 1 aromatic heterocycles. The first kappa shape index (κ1) is 19.8. The average Bonchev–Trinajstić information content (AvgIpc) is 2.69. The van der Waals surface area contributed by atoms with Gasteiger partial charge in [-0.1, -0.05) is 18.2 Å². The van der Waals surface area contributed by atoms with Crippen molar-refractivity contribution in [2.75, 3.05) is 5.32 Å². The highest BCUT2D eigenvalue weighted by Gasteiger charge is 2.30. The number of nitrogens with one attached hydrogen (secondary N) is 1. The fourth-order valence-electron chi connectivity index (χ4n) is 2.55. The summed E-state index contributed by atoms with van der Waals surface area (Å²) >= 11 is 0. The number of rotatable bonds is 4. The van der Waals surface area contributed by atoms with Gasteiger partial charge in [-0.25, -0.2) is 4.68 Å². The first-order valence-electron chi connectivity index (χ1n) is 8.32. The van der Waals surface area contributed by atoms with E-state index in [9.17, 15) is 22.8 Å². The minimum absolute atomic E-state index is 0.248. The third-order valence-corrected chi connectivity index (χ3v) is 3.94. The molecule has 0 aliphatic carbocycles. The van der Waals surface area contributed by atoms with E-state index >= 15 is 0 Å². The van der Waals surface area contributed by atoms with Gasteiger partial charge in [-0.3, -0.25) is 9.59 Å². The predicted molar refractivity (Wildman–Crippen MR) is 98.7 cm³/mol. The summed E-state index contributed by atoms with van der Waals surface area (Å²) in [6, 6.07) is 15.1. The second-order valence-electron chi connectivity index (χ2n) is 6.03. The normalized spacial score (nSPS) is 11.0. The van der Waals surface area contributed by atoms with E-state index in [4.69, 9.17) is 5.26 Å². The van der Waals surface area contributed by atoms with Crippen LogP contribution >= 0.6 is 0 Å². The molecular formula is C20H13F3N4O2. The standard InChI is InChI=1S/C20H13F3N4O2/c21-20(22,23)15-6-4-14(5-7-15)17-8-9-19(29)27(26-17)12-18(28)25-16-3-1-2-13(10-16)11-24/h1-10H,12H2,(H,25,28). The molecule has 0 atom stereocenters. The highest BCUT2D eigenvalue weighted by Crippen LogP contribution is 2.30. The van der Waals surface area contributed by atoms with Gasteiger partial charge in [-0.15, -0.1) is 0 Å². The Morgan fingerprint density at radius 2 is 1.83 bits per heavy atom. The Balaban J connectivity index is 1.79. The number of nitrogens with zero attached hydrogens (tertiary/aromatic N) is 3. The van der Waals surface area contributed by atoms with Crippen molar-refractivity contribution in [3.05, 3.63) is 82.1 Å². The largest absolute Gasteiger partial charge is 0.416 e. The van der Waals surface area contributed by atoms with Crippen LogP contribution in [0.15, 0.2) is 65.5 Å². The van der Waals surface area contributed by atoms with Crippen molar-refractivity contribution in [2.45, 2.75) is 12.7 Å². The molecule has 0 radical (unpaired) electrons. The fraction of sp³-hybridized carbons (Fsp3) is 0.100. The highest BCUT2D eigenvalue weighted by atomic mass is 19.4. The molecule has 0 spiro atoms. The van der Waals surface area contributed by atoms with E-state index in [0.29, 0.717) is 16.8 Å². The van der Waals surface area contributed by atoms with Crippen molar-refractivity contribution in [1.82, 2.24) is 9.78 Å². The van der Waals surface area contributed by atoms with Crippen LogP contribution < -0.4 is 10.9 Å². The van der Waals surface area contributed by atoms with E-state index < -0.39 is 29.8 Å². The number of hydrogen-bond donors (Lipinski definition) is 1. The quantitative estimate of drug-likeness (QED) is 0.729. The minimum atomic E-state index is -4.45. The summed E-state index contributed by atoms with van der Waals surface area (Å²) in [6.07, 6.45) is -4.45. The number of carbonyl (C=O) groups excluding carboxylic acids is 1. The first-order valence-corrected chi connectivity index (χ1v) is 8.32. The highest BCUT2D eigenvalue weighted by molar-refractivity contribution is 5.90. The van der Waals surface area contributed by atoms with Crippen molar-refractivity contribution >= 4 is 11.6 Å². The van der Waals surface area contributed by atoms with Crippen molar-refractivity contribution in [3.8, 4) is 17.3 Å². The Kier molecular flexibility index (Phi) is 5.45. The second kappa shape index (κ2) is 7.98. The molecule has 1 heterocycles. The maximum atomic E-state index is 12.7. The van der Waals surface area contributed by atoms with Crippen molar-refractivity contribution < 1.29 is 18.0 Å². The molecule has 2 aromatic carbocycles. The monoisotopic (exact) mass is 398 g/mol. The zero-order chi connectivity index (χ0) is 21.0. The van der Waals surface area contributed by atoms with Crippen LogP contribution in [0.4, 0.5) is 18.9 Å². The lowest BCUT2D eigenvalue weighted by Gasteiger charge is -2.10. The van der Waals surface area contributed by atoms with Gasteiger partial charge in [0.25, 0.3) is 5.56 Å². The van der Waals surface area contributed by atoms with E-state index in [0.717, 1.165) is 16.8 Å². The molecule has 9 heteroatoms. The zero-order valence-corrected chi connectivity index (χ0v) is 14.8. The molecule has 0 unspecified atom stereocenters. The average molecular weight is 398 g/mol. The van der Waals surface area contributed by atoms with E-state index in [1.807, 2.05) is 6.07 Å². The molecule has 0 bridgehead atoms. The van der Waals surface area contributed by atoms with E-state index in [-0.39, 0.29) is 5.69 Å². The molecule has 0 saturated carbocycles. The Hall–Kier alpha value is -3.93. The molecule has 1 N–H and O–H groups in total. The van der Waals surface area contributed by atoms with Crippen LogP contribution in [0.25, 0.3) is 11.3 Å². The summed E-state index contributed by atoms with van der Waals surface area (Å²) in [5.41, 5.74) is 0.0324. The first-order chi connectivity index (χ1) is 13.8. The lowest BCUT2D eigenvalue weighted by atomic mass is 10.1. The number of alkyl halides is 3. The third kappa shape index (κ3) is 4.87. The number of benzene rings is 2. The van der Waals surface area contributed by atoms with E-state index in [1.165, 1.54) is 30.3 Å². The van der Waals surface area contributed by atoms with Gasteiger partial charge in [-0.2, -0.15) is 23.5 Å². The number of nitriles is 1. The lowest BCUT2D eigenvalue weighted by Crippen LogP contribution is -2.29. The Morgan fingerprint density at radius 3 is 2.48 bits per heavy atom. The molecule has 3 rings (SSSR count). The number of carbonyl (C=O) groups is 1. The van der Waals surface area contributed by atoms with Crippen LogP contribution in [0.3, 0.4) is 0 Å². The summed E-state index contributed by atoms with van der Waals surface area (Å²) in [7, 11) is 0. The summed E-state index contributed by atoms with van der Waals surface area (Å²) in [4.78, 5) is 24.2. The fourth-order valence-corrected chi connectivity index (χ4v) is 2.55. The van der Waals surface area contributed by atoms with Crippen molar-refractivity contribution in [1.29, 1.82) is 5.26 Å². The topological polar surface area (TPSA) is 87.8 Å². The van der Waals surface area contributed by atoms with Gasteiger partial charge in [0.15, 0.2) is 0 Å². The Morgan fingerprint density at radius 1 is 1.10 bits per heavy atom. The molecule has 3 aromatic rings. The summed E-state index contributed by atoms with van der Waals surface area (Å²) in [5, 5.41) is 15.5. The Bertz CT molecular complexity index is 1150. The molecule has 0 saturated heterocycles. The van der Waals surface area contributed by atoms with E-state index in [2.05, 4.69) is 10.4 Å². The number of anilines is 1. The SMILES string of the molecule is N#Cc1cccc(NC(=O)Cn2nc(-c3ccc(C(F)(F)F)cc3)ccc2=O)c1. The van der Waals surface area contributed by atoms with Gasteiger partial charge in [0.1, 0.15) is 6.54 Å². The molecular weight excluding hydrogens is 385 g/mol. The smallest absolute Gasteiger partial charge is 0.324 e. The maximum Gasteiger partial charge on any atom is 0.416 e. The number of hydrogen-bond acceptors (Lipinski definition) is 4. The summed E-state index contributed by atoms with van der Waals surface area (Å²) in [5.74, 6) is -0.542. The number of halogens is 3. The molecule has 146 valence electrons. The van der Waals surface area contributed by atoms with Crippen LogP contribution in [0.2, 0.25) is 0 Å². The van der Waals surface area contributed by atoms with Crippen LogP contribution in [-0.2, 0) is 17.5 Å². The van der Waals surface area contributed by atoms with Gasteiger partial charge in [-0.05, 0) is 36.4 Å². The van der Waals surface area contributed by atoms with Gasteiger partial charge < -0.3 is 5.32 Å². The van der Waals surface area contributed by atoms with Crippen molar-refractivity contribution in [3.63, 3.8) is 0 Å². The minimum Gasteiger partial charge on any atom is -0.324 e. The Labute approximate surface area is 162 Å². The third-order valence-electron chi connectivity index (χ3n) is 3.94. The molecule has 29 heavy (non-hydrogen) atoms. The zero-order valence-electron chi connectivity index (χ0n) is 14.8. The lowest BCUT2D eigenvalue weighted by molar-refractivity contribution is -0.137. The van der Waals surface area contributed by atoms with Gasteiger partial charge >= 0.3 is 6.18 Å². The summed E-state index contributed by atoms with van der Waals surface area (Å²) < 4.78 is 39.0. The van der Waals surface area contributed by atoms with Gasteiger partial charge in [0, 0.05) is 17.3 Å². The molecule has 6 nitrogen and oxygen atoms in total. The van der Waals surface area contributed by atoms with Crippen LogP contribution in [0.5, 0.6) is 0 Å². The molecule has 0 fully saturated rings. The van der Waals surface area contributed by atoms with Gasteiger partial charge in [0.05, 0.1) is 22.9 Å². The van der Waals surface area contributed by atoms with E-state index in [1.54, 1.807) is 18.2 Å². The molecule has 1 amide bonds. The predicted octanol–water partition coefficient (Wildman–Crippen LogP) is 3.44. The van der Waals surface area contributed by atoms with Crippen LogP contribution in [0.1, 0.15) is 11.1 Å². The second-order valence-corrected chi connectivity index (χ2v) is 6.03. The van der Waals surface area contributed by atoms with Crippen LogP contribution in [0, 0.1) is 11.3 Å². The molecule has 0 aliphatic rings.